The zero-order valence-electron chi connectivity index (χ0n) is 8.98. The summed E-state index contributed by atoms with van der Waals surface area (Å²) in [5.41, 5.74) is 0.00148. The lowest BCUT2D eigenvalue weighted by molar-refractivity contribution is 0.0690. The number of anilines is 1. The molecule has 0 spiro atoms. The molecule has 0 amide bonds. The van der Waals surface area contributed by atoms with E-state index in [0.717, 1.165) is 19.4 Å². The molecule has 1 unspecified atom stereocenters. The number of rotatable bonds is 2. The Labute approximate surface area is 98.9 Å². The van der Waals surface area contributed by atoms with Gasteiger partial charge in [-0.2, -0.15) is 0 Å². The van der Waals surface area contributed by atoms with Crippen LogP contribution in [0.4, 0.5) is 5.82 Å². The molecule has 1 fully saturated rings. The molecule has 0 aromatic carbocycles. The Hall–Kier alpha value is -1.29. The van der Waals surface area contributed by atoms with Crippen molar-refractivity contribution in [3.63, 3.8) is 0 Å². The summed E-state index contributed by atoms with van der Waals surface area (Å²) in [6.07, 6.45) is 2.22. The van der Waals surface area contributed by atoms with E-state index in [2.05, 4.69) is 16.8 Å². The molecule has 86 valence electrons. The number of carboxylic acids is 1. The second-order valence-corrected chi connectivity index (χ2v) is 4.46. The van der Waals surface area contributed by atoms with Gasteiger partial charge in [0.25, 0.3) is 0 Å². The lowest BCUT2D eigenvalue weighted by atomic mass is 10.2. The summed E-state index contributed by atoms with van der Waals surface area (Å²) in [7, 11) is 0. The summed E-state index contributed by atoms with van der Waals surface area (Å²) < 4.78 is 0. The highest BCUT2D eigenvalue weighted by molar-refractivity contribution is 6.31. The van der Waals surface area contributed by atoms with E-state index in [1.807, 2.05) is 0 Å². The van der Waals surface area contributed by atoms with Crippen molar-refractivity contribution in [2.24, 2.45) is 0 Å². The molecule has 1 aliphatic rings. The first-order chi connectivity index (χ1) is 7.58. The van der Waals surface area contributed by atoms with E-state index in [1.165, 1.54) is 6.07 Å². The number of hydrogen-bond acceptors (Lipinski definition) is 3. The Morgan fingerprint density at radius 2 is 2.38 bits per heavy atom. The molecule has 0 aliphatic carbocycles. The molecule has 1 N–H and O–H groups in total. The molecular weight excluding hydrogens is 228 g/mol. The fourth-order valence-corrected chi connectivity index (χ4v) is 2.21. The molecular formula is C11H13ClN2O2. The van der Waals surface area contributed by atoms with E-state index in [0.29, 0.717) is 16.9 Å². The van der Waals surface area contributed by atoms with E-state index < -0.39 is 5.97 Å². The molecule has 1 aromatic rings. The summed E-state index contributed by atoms with van der Waals surface area (Å²) in [5.74, 6) is -0.384. The number of nitrogens with zero attached hydrogens (tertiary/aromatic N) is 2. The summed E-state index contributed by atoms with van der Waals surface area (Å²) in [6.45, 7) is 3.02. The van der Waals surface area contributed by atoms with Gasteiger partial charge in [0.05, 0.1) is 0 Å². The van der Waals surface area contributed by atoms with Crippen molar-refractivity contribution < 1.29 is 9.90 Å². The fraction of sp³-hybridized carbons (Fsp3) is 0.455. The average Bonchev–Trinajstić information content (AvgIpc) is 2.63. The Bertz CT molecular complexity index is 422. The van der Waals surface area contributed by atoms with Gasteiger partial charge in [-0.15, -0.1) is 0 Å². The average molecular weight is 241 g/mol. The normalized spacial score (nSPS) is 20.1. The topological polar surface area (TPSA) is 53.4 Å². The molecule has 1 atom stereocenters. The molecule has 2 rings (SSSR count). The van der Waals surface area contributed by atoms with Crippen molar-refractivity contribution >= 4 is 23.4 Å². The summed E-state index contributed by atoms with van der Waals surface area (Å²) in [5, 5.41) is 9.32. The van der Waals surface area contributed by atoms with Crippen molar-refractivity contribution in [3.05, 3.63) is 22.8 Å². The van der Waals surface area contributed by atoms with E-state index in [1.54, 1.807) is 6.07 Å². The maximum atomic E-state index is 10.9. The van der Waals surface area contributed by atoms with E-state index in [-0.39, 0.29) is 5.69 Å². The van der Waals surface area contributed by atoms with Gasteiger partial charge < -0.3 is 10.0 Å². The highest BCUT2D eigenvalue weighted by Crippen LogP contribution is 2.26. The van der Waals surface area contributed by atoms with Crippen LogP contribution in [-0.2, 0) is 0 Å². The minimum Gasteiger partial charge on any atom is -0.477 e. The zero-order chi connectivity index (χ0) is 11.7. The van der Waals surface area contributed by atoms with Crippen molar-refractivity contribution in [1.29, 1.82) is 0 Å². The fourth-order valence-electron chi connectivity index (χ4n) is 2.01. The first-order valence-corrected chi connectivity index (χ1v) is 5.63. The van der Waals surface area contributed by atoms with Crippen molar-refractivity contribution in [3.8, 4) is 0 Å². The van der Waals surface area contributed by atoms with Crippen molar-refractivity contribution in [2.75, 3.05) is 11.4 Å². The third kappa shape index (κ3) is 2.11. The van der Waals surface area contributed by atoms with Gasteiger partial charge in [0.1, 0.15) is 5.82 Å². The first-order valence-electron chi connectivity index (χ1n) is 5.25. The van der Waals surface area contributed by atoms with E-state index in [9.17, 15) is 4.79 Å². The smallest absolute Gasteiger partial charge is 0.354 e. The summed E-state index contributed by atoms with van der Waals surface area (Å²) in [4.78, 5) is 17.1. The number of hydrogen-bond donors (Lipinski definition) is 1. The monoisotopic (exact) mass is 240 g/mol. The molecule has 1 aromatic heterocycles. The Kier molecular flexibility index (Phi) is 3.01. The predicted octanol–water partition coefficient (Wildman–Crippen LogP) is 2.42. The Morgan fingerprint density at radius 1 is 1.62 bits per heavy atom. The van der Waals surface area contributed by atoms with Gasteiger partial charge in [0.15, 0.2) is 5.69 Å². The minimum absolute atomic E-state index is 0.00148. The van der Waals surface area contributed by atoms with E-state index in [4.69, 9.17) is 16.7 Å². The molecule has 16 heavy (non-hydrogen) atoms. The number of aromatic carboxylic acids is 1. The lowest BCUT2D eigenvalue weighted by Gasteiger charge is -2.22. The van der Waals surface area contributed by atoms with Crippen LogP contribution in [0, 0.1) is 0 Å². The van der Waals surface area contributed by atoms with Crippen LogP contribution in [0.5, 0.6) is 0 Å². The van der Waals surface area contributed by atoms with Gasteiger partial charge in [0.2, 0.25) is 0 Å². The van der Waals surface area contributed by atoms with Gasteiger partial charge in [-0.1, -0.05) is 11.6 Å². The standard InChI is InChI=1S/C11H13ClN2O2/c1-7-3-2-4-14(7)10-6-8(12)5-9(13-10)11(15)16/h5-7H,2-4H2,1H3,(H,15,16). The maximum Gasteiger partial charge on any atom is 0.354 e. The lowest BCUT2D eigenvalue weighted by Crippen LogP contribution is -2.27. The molecule has 0 radical (unpaired) electrons. The SMILES string of the molecule is CC1CCCN1c1cc(Cl)cc(C(=O)O)n1. The van der Waals surface area contributed by atoms with Gasteiger partial charge in [-0.3, -0.25) is 0 Å². The molecule has 5 heteroatoms. The van der Waals surface area contributed by atoms with Gasteiger partial charge in [-0.05, 0) is 31.9 Å². The number of pyridine rings is 1. The highest BCUT2D eigenvalue weighted by atomic mass is 35.5. The largest absolute Gasteiger partial charge is 0.477 e. The van der Waals surface area contributed by atoms with Gasteiger partial charge in [0, 0.05) is 17.6 Å². The number of carboxylic acid groups (broad SMARTS) is 1. The molecule has 0 saturated carbocycles. The van der Waals surface area contributed by atoms with Crippen molar-refractivity contribution in [2.45, 2.75) is 25.8 Å². The van der Waals surface area contributed by atoms with Crippen LogP contribution in [0.3, 0.4) is 0 Å². The maximum absolute atomic E-state index is 10.9. The van der Waals surface area contributed by atoms with Crippen molar-refractivity contribution in [1.82, 2.24) is 4.98 Å². The first kappa shape index (κ1) is 11.2. The summed E-state index contributed by atoms with van der Waals surface area (Å²) >= 11 is 5.89. The van der Waals surface area contributed by atoms with Crippen LogP contribution in [0.2, 0.25) is 5.02 Å². The molecule has 2 heterocycles. The van der Waals surface area contributed by atoms with Gasteiger partial charge in [-0.25, -0.2) is 9.78 Å². The van der Waals surface area contributed by atoms with Crippen LogP contribution < -0.4 is 4.90 Å². The Morgan fingerprint density at radius 3 is 2.94 bits per heavy atom. The molecule has 1 saturated heterocycles. The molecule has 4 nitrogen and oxygen atoms in total. The van der Waals surface area contributed by atoms with Crippen LogP contribution in [0.25, 0.3) is 0 Å². The van der Waals surface area contributed by atoms with Crippen LogP contribution in [-0.4, -0.2) is 28.6 Å². The minimum atomic E-state index is -1.05. The zero-order valence-corrected chi connectivity index (χ0v) is 9.74. The Balaban J connectivity index is 2.37. The van der Waals surface area contributed by atoms with Crippen LogP contribution >= 0.6 is 11.6 Å². The third-order valence-corrected chi connectivity index (χ3v) is 3.06. The third-order valence-electron chi connectivity index (χ3n) is 2.84. The second kappa shape index (κ2) is 4.29. The predicted molar refractivity (Wildman–Crippen MR) is 62.2 cm³/mol. The summed E-state index contributed by atoms with van der Waals surface area (Å²) in [6, 6.07) is 3.48. The van der Waals surface area contributed by atoms with Crippen LogP contribution in [0.1, 0.15) is 30.3 Å². The van der Waals surface area contributed by atoms with Gasteiger partial charge >= 0.3 is 5.97 Å². The highest BCUT2D eigenvalue weighted by Gasteiger charge is 2.22. The van der Waals surface area contributed by atoms with E-state index >= 15 is 0 Å². The number of aromatic nitrogens is 1. The molecule has 1 aliphatic heterocycles. The number of halogens is 1. The molecule has 0 bridgehead atoms. The van der Waals surface area contributed by atoms with Crippen LogP contribution in [0.15, 0.2) is 12.1 Å². The quantitative estimate of drug-likeness (QED) is 0.863. The second-order valence-electron chi connectivity index (χ2n) is 4.02. The number of carbonyl (C=O) groups is 1.